The number of ether oxygens (including phenoxy) is 2. The Morgan fingerprint density at radius 1 is 1.41 bits per heavy atom. The number of aryl methyl sites for hydroxylation is 2. The van der Waals surface area contributed by atoms with Crippen molar-refractivity contribution in [2.24, 2.45) is 0 Å². The van der Waals surface area contributed by atoms with Crippen LogP contribution in [0.4, 0.5) is 0 Å². The molecule has 0 aromatic heterocycles. The fraction of sp³-hybridized carbons (Fsp3) is 0.538. The van der Waals surface area contributed by atoms with Gasteiger partial charge in [0, 0.05) is 18.7 Å². The molecule has 0 bridgehead atoms. The van der Waals surface area contributed by atoms with E-state index in [2.05, 4.69) is 18.3 Å². The zero-order valence-corrected chi connectivity index (χ0v) is 11.2. The molecule has 1 unspecified atom stereocenters. The molecule has 0 spiro atoms. The minimum absolute atomic E-state index is 0.0248. The summed E-state index contributed by atoms with van der Waals surface area (Å²) >= 11 is 6.29. The van der Waals surface area contributed by atoms with Gasteiger partial charge in [0.1, 0.15) is 5.75 Å². The molecule has 0 aliphatic carbocycles. The van der Waals surface area contributed by atoms with Crippen molar-refractivity contribution in [1.29, 1.82) is 0 Å². The maximum atomic E-state index is 6.29. The Morgan fingerprint density at radius 3 is 2.76 bits per heavy atom. The molecule has 0 amide bonds. The summed E-state index contributed by atoms with van der Waals surface area (Å²) in [5, 5.41) is 4.00. The van der Waals surface area contributed by atoms with Crippen LogP contribution in [0.1, 0.15) is 22.8 Å². The molecule has 1 aliphatic heterocycles. The van der Waals surface area contributed by atoms with Crippen molar-refractivity contribution < 1.29 is 9.47 Å². The molecule has 1 N–H and O–H groups in total. The van der Waals surface area contributed by atoms with Crippen molar-refractivity contribution in [3.8, 4) is 5.75 Å². The minimum atomic E-state index is 0.0248. The topological polar surface area (TPSA) is 30.5 Å². The van der Waals surface area contributed by atoms with Gasteiger partial charge in [0.05, 0.1) is 24.8 Å². The molecule has 1 atom stereocenters. The van der Waals surface area contributed by atoms with Crippen molar-refractivity contribution in [3.05, 3.63) is 27.8 Å². The summed E-state index contributed by atoms with van der Waals surface area (Å²) in [6.45, 7) is 6.48. The molecule has 0 saturated carbocycles. The summed E-state index contributed by atoms with van der Waals surface area (Å²) in [6.07, 6.45) is 0.0248. The number of hydrogen-bond acceptors (Lipinski definition) is 3. The molecular weight excluding hydrogens is 238 g/mol. The molecule has 2 rings (SSSR count). The lowest BCUT2D eigenvalue weighted by Crippen LogP contribution is -2.34. The molecular formula is C13H18ClNO2. The highest BCUT2D eigenvalue weighted by molar-refractivity contribution is 6.33. The van der Waals surface area contributed by atoms with E-state index < -0.39 is 0 Å². The highest BCUT2D eigenvalue weighted by Crippen LogP contribution is 2.39. The standard InChI is InChI=1S/C13H18ClNO2/c1-8-6-9(2)12(14)13(16-3)11(8)10-7-15-4-5-17-10/h6,10,15H,4-5,7H2,1-3H3. The third-order valence-electron chi connectivity index (χ3n) is 3.10. The normalized spacial score (nSPS) is 20.4. The van der Waals surface area contributed by atoms with E-state index in [-0.39, 0.29) is 6.10 Å². The van der Waals surface area contributed by atoms with Gasteiger partial charge in [0.15, 0.2) is 0 Å². The van der Waals surface area contributed by atoms with E-state index in [0.29, 0.717) is 5.02 Å². The van der Waals surface area contributed by atoms with Gasteiger partial charge in [0.25, 0.3) is 0 Å². The van der Waals surface area contributed by atoms with Gasteiger partial charge in [0.2, 0.25) is 0 Å². The van der Waals surface area contributed by atoms with Crippen molar-refractivity contribution in [1.82, 2.24) is 5.32 Å². The molecule has 1 aromatic carbocycles. The lowest BCUT2D eigenvalue weighted by molar-refractivity contribution is 0.0259. The van der Waals surface area contributed by atoms with Crippen molar-refractivity contribution >= 4 is 11.6 Å². The summed E-state index contributed by atoms with van der Waals surface area (Å²) < 4.78 is 11.2. The van der Waals surface area contributed by atoms with Gasteiger partial charge in [-0.1, -0.05) is 17.7 Å². The van der Waals surface area contributed by atoms with Crippen LogP contribution in [0.3, 0.4) is 0 Å². The number of benzene rings is 1. The lowest BCUT2D eigenvalue weighted by Gasteiger charge is -2.27. The van der Waals surface area contributed by atoms with Crippen molar-refractivity contribution in [2.75, 3.05) is 26.8 Å². The van der Waals surface area contributed by atoms with Gasteiger partial charge in [-0.05, 0) is 25.0 Å². The third-order valence-corrected chi connectivity index (χ3v) is 3.57. The fourth-order valence-electron chi connectivity index (χ4n) is 2.29. The van der Waals surface area contributed by atoms with Crippen LogP contribution in [0.25, 0.3) is 0 Å². The zero-order valence-electron chi connectivity index (χ0n) is 10.5. The third kappa shape index (κ3) is 2.41. The SMILES string of the molecule is COc1c(Cl)c(C)cc(C)c1C1CNCCO1. The Kier molecular flexibility index (Phi) is 3.92. The summed E-state index contributed by atoms with van der Waals surface area (Å²) in [5.74, 6) is 0.748. The smallest absolute Gasteiger partial charge is 0.143 e. The molecule has 1 aliphatic rings. The lowest BCUT2D eigenvalue weighted by atomic mass is 9.98. The van der Waals surface area contributed by atoms with Gasteiger partial charge in [-0.15, -0.1) is 0 Å². The van der Waals surface area contributed by atoms with Gasteiger partial charge < -0.3 is 14.8 Å². The van der Waals surface area contributed by atoms with E-state index in [9.17, 15) is 0 Å². The number of morpholine rings is 1. The largest absolute Gasteiger partial charge is 0.495 e. The van der Waals surface area contributed by atoms with Crippen LogP contribution in [-0.2, 0) is 4.74 Å². The number of nitrogens with one attached hydrogen (secondary N) is 1. The van der Waals surface area contributed by atoms with E-state index in [4.69, 9.17) is 21.1 Å². The Morgan fingerprint density at radius 2 is 2.18 bits per heavy atom. The molecule has 4 heteroatoms. The fourth-order valence-corrected chi connectivity index (χ4v) is 2.53. The molecule has 3 nitrogen and oxygen atoms in total. The minimum Gasteiger partial charge on any atom is -0.495 e. The first-order valence-corrected chi connectivity index (χ1v) is 6.19. The number of rotatable bonds is 2. The van der Waals surface area contributed by atoms with Gasteiger partial charge in [-0.2, -0.15) is 0 Å². The quantitative estimate of drug-likeness (QED) is 0.881. The van der Waals surface area contributed by atoms with Gasteiger partial charge >= 0.3 is 0 Å². The summed E-state index contributed by atoms with van der Waals surface area (Å²) in [5.41, 5.74) is 3.27. The second-order valence-corrected chi connectivity index (χ2v) is 4.71. The average Bonchev–Trinajstić information content (AvgIpc) is 2.34. The monoisotopic (exact) mass is 255 g/mol. The second kappa shape index (κ2) is 5.25. The number of halogens is 1. The molecule has 17 heavy (non-hydrogen) atoms. The molecule has 1 saturated heterocycles. The zero-order chi connectivity index (χ0) is 12.4. The Bertz CT molecular complexity index is 414. The van der Waals surface area contributed by atoms with E-state index in [1.807, 2.05) is 6.92 Å². The second-order valence-electron chi connectivity index (χ2n) is 4.33. The van der Waals surface area contributed by atoms with Gasteiger partial charge in [-0.25, -0.2) is 0 Å². The summed E-state index contributed by atoms with van der Waals surface area (Å²) in [6, 6.07) is 2.08. The van der Waals surface area contributed by atoms with Crippen LogP contribution in [0, 0.1) is 13.8 Å². The van der Waals surface area contributed by atoms with Gasteiger partial charge in [-0.3, -0.25) is 0 Å². The number of hydrogen-bond donors (Lipinski definition) is 1. The van der Waals surface area contributed by atoms with E-state index >= 15 is 0 Å². The van der Waals surface area contributed by atoms with Crippen LogP contribution < -0.4 is 10.1 Å². The number of methoxy groups -OCH3 is 1. The van der Waals surface area contributed by atoms with E-state index in [0.717, 1.165) is 42.1 Å². The molecule has 0 radical (unpaired) electrons. The molecule has 1 fully saturated rings. The molecule has 1 heterocycles. The summed E-state index contributed by atoms with van der Waals surface area (Å²) in [4.78, 5) is 0. The average molecular weight is 256 g/mol. The van der Waals surface area contributed by atoms with Crippen LogP contribution in [0.2, 0.25) is 5.02 Å². The van der Waals surface area contributed by atoms with E-state index in [1.165, 1.54) is 0 Å². The predicted molar refractivity (Wildman–Crippen MR) is 69.0 cm³/mol. The van der Waals surface area contributed by atoms with Crippen molar-refractivity contribution in [2.45, 2.75) is 20.0 Å². The van der Waals surface area contributed by atoms with Crippen LogP contribution in [0.5, 0.6) is 5.75 Å². The first-order chi connectivity index (χ1) is 8.15. The predicted octanol–water partition coefficient (Wildman–Crippen LogP) is 2.63. The van der Waals surface area contributed by atoms with Crippen LogP contribution in [0.15, 0.2) is 6.07 Å². The molecule has 1 aromatic rings. The first-order valence-electron chi connectivity index (χ1n) is 5.81. The Labute approximate surface area is 107 Å². The summed E-state index contributed by atoms with van der Waals surface area (Å²) in [7, 11) is 1.65. The highest BCUT2D eigenvalue weighted by atomic mass is 35.5. The first kappa shape index (κ1) is 12.7. The Balaban J connectivity index is 2.47. The van der Waals surface area contributed by atoms with Crippen LogP contribution in [-0.4, -0.2) is 26.8 Å². The van der Waals surface area contributed by atoms with Crippen LogP contribution >= 0.6 is 11.6 Å². The molecule has 94 valence electrons. The Hall–Kier alpha value is -0.770. The maximum absolute atomic E-state index is 6.29. The van der Waals surface area contributed by atoms with E-state index in [1.54, 1.807) is 7.11 Å². The highest BCUT2D eigenvalue weighted by Gasteiger charge is 2.24. The maximum Gasteiger partial charge on any atom is 0.143 e. The van der Waals surface area contributed by atoms with Crippen molar-refractivity contribution in [3.63, 3.8) is 0 Å².